The van der Waals surface area contributed by atoms with E-state index in [9.17, 15) is 22.8 Å². The topological polar surface area (TPSA) is 130 Å². The molecule has 1 aliphatic carbocycles. The Labute approximate surface area is 305 Å². The Hall–Kier alpha value is -4.36. The lowest BCUT2D eigenvalue weighted by molar-refractivity contribution is -0.130. The molecule has 0 spiro atoms. The summed E-state index contributed by atoms with van der Waals surface area (Å²) in [5, 5.41) is 0.986. The molecule has 3 aromatic rings. The van der Waals surface area contributed by atoms with Gasteiger partial charge in [-0.05, 0) is 82.2 Å². The van der Waals surface area contributed by atoms with Crippen molar-refractivity contribution in [3.05, 3.63) is 58.7 Å². The van der Waals surface area contributed by atoms with Crippen molar-refractivity contribution in [3.63, 3.8) is 0 Å². The molecular weight excluding hydrogens is 683 g/mol. The number of aromatic nitrogens is 1. The summed E-state index contributed by atoms with van der Waals surface area (Å²) in [4.78, 5) is 45.0. The smallest absolute Gasteiger partial charge is 0.410 e. The van der Waals surface area contributed by atoms with E-state index in [1.54, 1.807) is 19.2 Å². The van der Waals surface area contributed by atoms with Crippen LogP contribution in [0.2, 0.25) is 0 Å². The molecule has 13 heteroatoms. The van der Waals surface area contributed by atoms with Crippen LogP contribution in [0.3, 0.4) is 0 Å². The minimum atomic E-state index is -4.02. The van der Waals surface area contributed by atoms with E-state index in [4.69, 9.17) is 9.47 Å². The van der Waals surface area contributed by atoms with Crippen LogP contribution in [-0.2, 0) is 26.3 Å². The monoisotopic (exact) mass is 731 g/mol. The van der Waals surface area contributed by atoms with Crippen LogP contribution in [0.25, 0.3) is 28.2 Å². The molecular formula is C39H49N5O7S. The van der Waals surface area contributed by atoms with Crippen LogP contribution >= 0.6 is 0 Å². The Morgan fingerprint density at radius 2 is 1.63 bits per heavy atom. The molecule has 12 nitrogen and oxygen atoms in total. The predicted octanol–water partition coefficient (Wildman–Crippen LogP) is 5.91. The molecule has 3 aliphatic heterocycles. The number of nitrogens with one attached hydrogen (secondary N) is 1. The van der Waals surface area contributed by atoms with Crippen LogP contribution < -0.4 is 9.46 Å². The van der Waals surface area contributed by atoms with Gasteiger partial charge in [0.25, 0.3) is 11.8 Å². The number of carbonyl (C=O) groups excluding carboxylic acids is 3. The highest BCUT2D eigenvalue weighted by atomic mass is 32.2. The number of rotatable bonds is 6. The second-order valence-corrected chi connectivity index (χ2v) is 17.6. The Bertz CT molecular complexity index is 2060. The van der Waals surface area contributed by atoms with Gasteiger partial charge in [0, 0.05) is 60.4 Å². The number of hydrogen-bond donors (Lipinski definition) is 1. The van der Waals surface area contributed by atoms with Crippen LogP contribution in [0, 0.1) is 0 Å². The minimum absolute atomic E-state index is 0.113. The van der Waals surface area contributed by atoms with Gasteiger partial charge in [-0.3, -0.25) is 14.5 Å². The Morgan fingerprint density at radius 3 is 2.27 bits per heavy atom. The largest absolute Gasteiger partial charge is 0.496 e. The normalized spacial score (nSPS) is 20.6. The number of fused-ring (bicyclic) bond motifs is 7. The highest BCUT2D eigenvalue weighted by molar-refractivity contribution is 7.87. The number of carbonyl (C=O) groups is 3. The molecule has 2 atom stereocenters. The van der Waals surface area contributed by atoms with Crippen LogP contribution in [0.4, 0.5) is 4.79 Å². The third kappa shape index (κ3) is 6.57. The molecule has 7 rings (SSSR count). The van der Waals surface area contributed by atoms with Crippen molar-refractivity contribution < 1.29 is 32.3 Å². The fourth-order valence-corrected chi connectivity index (χ4v) is 9.06. The molecule has 4 aliphatic rings. The van der Waals surface area contributed by atoms with Crippen LogP contribution in [0.15, 0.2) is 42.0 Å². The fraction of sp³-hybridized carbons (Fsp3) is 0.513. The van der Waals surface area contributed by atoms with Crippen molar-refractivity contribution in [2.75, 3.05) is 34.3 Å². The van der Waals surface area contributed by atoms with E-state index >= 15 is 0 Å². The average Bonchev–Trinajstić information content (AvgIpc) is 3.48. The molecule has 2 bridgehead atoms. The summed E-state index contributed by atoms with van der Waals surface area (Å²) in [5.41, 5.74) is 4.84. The van der Waals surface area contributed by atoms with Crippen LogP contribution in [0.5, 0.6) is 5.75 Å². The van der Waals surface area contributed by atoms with E-state index < -0.39 is 21.7 Å². The van der Waals surface area contributed by atoms with Crippen molar-refractivity contribution >= 4 is 45.1 Å². The van der Waals surface area contributed by atoms with Crippen molar-refractivity contribution in [1.82, 2.24) is 23.4 Å². The molecule has 52 heavy (non-hydrogen) atoms. The molecule has 2 aromatic carbocycles. The van der Waals surface area contributed by atoms with Gasteiger partial charge >= 0.3 is 16.3 Å². The Morgan fingerprint density at radius 1 is 0.942 bits per heavy atom. The number of benzene rings is 2. The molecule has 3 amide bonds. The van der Waals surface area contributed by atoms with Crippen LogP contribution in [0.1, 0.15) is 93.1 Å². The summed E-state index contributed by atoms with van der Waals surface area (Å²) in [6.07, 6.45) is 8.68. The number of likely N-dealkylation sites (tertiary alicyclic amines) is 1. The predicted molar refractivity (Wildman–Crippen MR) is 199 cm³/mol. The highest BCUT2D eigenvalue weighted by Crippen LogP contribution is 2.48. The van der Waals surface area contributed by atoms with E-state index in [2.05, 4.69) is 15.4 Å². The Balaban J connectivity index is 1.33. The average molecular weight is 732 g/mol. The first-order valence-corrected chi connectivity index (χ1v) is 19.7. The Kier molecular flexibility index (Phi) is 9.39. The maximum absolute atomic E-state index is 14.7. The molecule has 2 saturated heterocycles. The highest BCUT2D eigenvalue weighted by Gasteiger charge is 2.46. The zero-order chi connectivity index (χ0) is 37.1. The summed E-state index contributed by atoms with van der Waals surface area (Å²) in [6.45, 7) is 6.62. The van der Waals surface area contributed by atoms with E-state index in [-0.39, 0.29) is 42.1 Å². The number of nitrogens with zero attached hydrogens (tertiary/aromatic N) is 4. The van der Waals surface area contributed by atoms with Crippen molar-refractivity contribution in [2.45, 2.75) is 95.9 Å². The van der Waals surface area contributed by atoms with Gasteiger partial charge in [0.2, 0.25) is 0 Å². The first-order chi connectivity index (χ1) is 24.7. The second kappa shape index (κ2) is 13.6. The molecule has 1 N–H and O–H groups in total. The van der Waals surface area contributed by atoms with E-state index in [0.717, 1.165) is 70.6 Å². The van der Waals surface area contributed by atoms with Crippen LogP contribution in [-0.4, -0.2) is 97.0 Å². The number of methoxy groups -OCH3 is 1. The molecule has 278 valence electrons. The van der Waals surface area contributed by atoms with E-state index in [1.807, 2.05) is 54.8 Å². The summed E-state index contributed by atoms with van der Waals surface area (Å²) in [7, 11) is 0.343. The van der Waals surface area contributed by atoms with Crippen molar-refractivity contribution in [1.29, 1.82) is 0 Å². The molecule has 3 fully saturated rings. The van der Waals surface area contributed by atoms with Gasteiger partial charge in [0.1, 0.15) is 11.4 Å². The fourth-order valence-electron chi connectivity index (χ4n) is 8.53. The molecule has 1 saturated carbocycles. The first kappa shape index (κ1) is 36.0. The van der Waals surface area contributed by atoms with Gasteiger partial charge in [-0.25, -0.2) is 9.52 Å². The van der Waals surface area contributed by atoms with Gasteiger partial charge in [0.15, 0.2) is 0 Å². The maximum atomic E-state index is 14.7. The summed E-state index contributed by atoms with van der Waals surface area (Å²) in [5.74, 6) is 0.0812. The molecule has 4 heterocycles. The van der Waals surface area contributed by atoms with E-state index in [1.165, 1.54) is 26.1 Å². The zero-order valence-electron chi connectivity index (χ0n) is 30.9. The van der Waals surface area contributed by atoms with Crippen molar-refractivity contribution in [2.24, 2.45) is 0 Å². The standard InChI is InChI=1S/C39H49N5O7S/c1-39(2,3)51-38(47)44-27-16-17-28(44)23-42(22-27)37(46)26-19-31-29(13-10-14-33(31)50-6)35-34(24-11-8-7-9-12-24)30-18-15-25(20-32(30)43(35)21-26)36(45)40-52(48,49)41(4)5/h10,13-15,18-20,24,27-28H,7-9,11-12,16-17,21-23H2,1-6H3,(H,40,45). The first-order valence-electron chi connectivity index (χ1n) is 18.3. The molecule has 1 aromatic heterocycles. The lowest BCUT2D eigenvalue weighted by Gasteiger charge is -2.41. The van der Waals surface area contributed by atoms with Gasteiger partial charge in [-0.1, -0.05) is 37.5 Å². The van der Waals surface area contributed by atoms with Gasteiger partial charge in [-0.15, -0.1) is 0 Å². The third-order valence-electron chi connectivity index (χ3n) is 10.9. The zero-order valence-corrected chi connectivity index (χ0v) is 31.7. The SMILES string of the molecule is COc1cccc2c1C=C(C(=O)N1CC3CCC(C1)N3C(=O)OC(C)(C)C)Cn1c-2c(C2CCCCC2)c2ccc(C(=O)NS(=O)(=O)N(C)C)cc21. The molecule has 0 radical (unpaired) electrons. The van der Waals surface area contributed by atoms with Gasteiger partial charge in [0.05, 0.1) is 31.4 Å². The van der Waals surface area contributed by atoms with E-state index in [0.29, 0.717) is 24.4 Å². The van der Waals surface area contributed by atoms with Gasteiger partial charge < -0.3 is 18.9 Å². The van der Waals surface area contributed by atoms with Gasteiger partial charge in [-0.2, -0.15) is 12.7 Å². The van der Waals surface area contributed by atoms with Crippen molar-refractivity contribution in [3.8, 4) is 17.0 Å². The summed E-state index contributed by atoms with van der Waals surface area (Å²) in [6, 6.07) is 11.0. The summed E-state index contributed by atoms with van der Waals surface area (Å²) < 4.78 is 42.1. The third-order valence-corrected chi connectivity index (χ3v) is 12.3. The lowest BCUT2D eigenvalue weighted by atomic mass is 9.81. The maximum Gasteiger partial charge on any atom is 0.410 e. The number of ether oxygens (including phenoxy) is 2. The summed E-state index contributed by atoms with van der Waals surface area (Å²) >= 11 is 0. The quantitative estimate of drug-likeness (QED) is 0.334. The lowest BCUT2D eigenvalue weighted by Crippen LogP contribution is -2.58. The molecule has 2 unspecified atom stereocenters. The number of piperazine rings is 1. The minimum Gasteiger partial charge on any atom is -0.496 e. The number of amides is 3. The number of hydrogen-bond acceptors (Lipinski definition) is 7. The second-order valence-electron chi connectivity index (χ2n) is 15.7.